The summed E-state index contributed by atoms with van der Waals surface area (Å²) in [7, 11) is 0. The molecule has 19 heavy (non-hydrogen) atoms. The largest absolute Gasteiger partial charge is 0.486 e. The van der Waals surface area contributed by atoms with E-state index in [0.29, 0.717) is 17.2 Å². The van der Waals surface area contributed by atoms with Crippen LogP contribution in [0, 0.1) is 6.92 Å². The summed E-state index contributed by atoms with van der Waals surface area (Å²) in [6.45, 7) is 2.44. The Balaban J connectivity index is 1.78. The molecule has 0 aliphatic rings. The summed E-state index contributed by atoms with van der Waals surface area (Å²) in [6.07, 6.45) is 0. The van der Waals surface area contributed by atoms with E-state index in [1.165, 1.54) is 5.56 Å². The molecular formula is C16H13ClO2. The summed E-state index contributed by atoms with van der Waals surface area (Å²) in [5.74, 6) is 1.60. The molecule has 0 saturated carbocycles. The lowest BCUT2D eigenvalue weighted by Gasteiger charge is -2.03. The molecule has 0 aliphatic carbocycles. The van der Waals surface area contributed by atoms with Crippen molar-refractivity contribution < 1.29 is 9.15 Å². The van der Waals surface area contributed by atoms with Crippen molar-refractivity contribution in [1.82, 2.24) is 0 Å². The number of hydrogen-bond donors (Lipinski definition) is 0. The highest BCUT2D eigenvalue weighted by Crippen LogP contribution is 2.27. The van der Waals surface area contributed by atoms with Crippen molar-refractivity contribution >= 4 is 22.6 Å². The minimum absolute atomic E-state index is 0.397. The molecule has 3 aromatic rings. The van der Waals surface area contributed by atoms with E-state index in [1.807, 2.05) is 55.5 Å². The smallest absolute Gasteiger partial charge is 0.153 e. The number of para-hydroxylation sites is 1. The summed E-state index contributed by atoms with van der Waals surface area (Å²) in [5.41, 5.74) is 1.93. The monoisotopic (exact) mass is 272 g/mol. The molecule has 0 fully saturated rings. The number of furan rings is 1. The quantitative estimate of drug-likeness (QED) is 0.671. The molecule has 3 heteroatoms. The van der Waals surface area contributed by atoms with Gasteiger partial charge in [0, 0.05) is 5.39 Å². The highest BCUT2D eigenvalue weighted by Gasteiger charge is 2.07. The SMILES string of the molecule is Cc1ccc(OCc2cc3cccc(Cl)c3o2)cc1. The maximum atomic E-state index is 6.07. The van der Waals surface area contributed by atoms with Crippen molar-refractivity contribution in [3.05, 3.63) is 64.9 Å². The van der Waals surface area contributed by atoms with Crippen molar-refractivity contribution in [2.24, 2.45) is 0 Å². The molecule has 0 unspecified atom stereocenters. The molecule has 96 valence electrons. The fourth-order valence-corrected chi connectivity index (χ4v) is 2.16. The van der Waals surface area contributed by atoms with Gasteiger partial charge in [-0.1, -0.05) is 41.4 Å². The third-order valence-electron chi connectivity index (χ3n) is 2.95. The lowest BCUT2D eigenvalue weighted by molar-refractivity contribution is 0.274. The minimum Gasteiger partial charge on any atom is -0.486 e. The average molecular weight is 273 g/mol. The number of rotatable bonds is 3. The zero-order valence-corrected chi connectivity index (χ0v) is 11.3. The van der Waals surface area contributed by atoms with E-state index in [1.54, 1.807) is 0 Å². The molecule has 2 aromatic carbocycles. The second kappa shape index (κ2) is 4.98. The second-order valence-electron chi connectivity index (χ2n) is 4.47. The Labute approximate surface area is 116 Å². The predicted octanol–water partition coefficient (Wildman–Crippen LogP) is 4.97. The van der Waals surface area contributed by atoms with Gasteiger partial charge in [-0.25, -0.2) is 0 Å². The van der Waals surface area contributed by atoms with Crippen LogP contribution < -0.4 is 4.74 Å². The zero-order valence-electron chi connectivity index (χ0n) is 10.5. The number of fused-ring (bicyclic) bond motifs is 1. The van der Waals surface area contributed by atoms with Crippen LogP contribution in [0.25, 0.3) is 11.0 Å². The van der Waals surface area contributed by atoms with Crippen LogP contribution in [0.5, 0.6) is 5.75 Å². The van der Waals surface area contributed by atoms with E-state index >= 15 is 0 Å². The summed E-state index contributed by atoms with van der Waals surface area (Å²) in [6, 6.07) is 15.6. The van der Waals surface area contributed by atoms with Gasteiger partial charge in [-0.2, -0.15) is 0 Å². The Kier molecular flexibility index (Phi) is 3.18. The maximum Gasteiger partial charge on any atom is 0.153 e. The van der Waals surface area contributed by atoms with Gasteiger partial charge in [0.2, 0.25) is 0 Å². The predicted molar refractivity (Wildman–Crippen MR) is 76.7 cm³/mol. The number of aryl methyl sites for hydroxylation is 1. The van der Waals surface area contributed by atoms with Gasteiger partial charge >= 0.3 is 0 Å². The van der Waals surface area contributed by atoms with Crippen molar-refractivity contribution in [3.63, 3.8) is 0 Å². The molecule has 0 N–H and O–H groups in total. The first-order valence-corrected chi connectivity index (χ1v) is 6.46. The van der Waals surface area contributed by atoms with E-state index in [-0.39, 0.29) is 0 Å². The van der Waals surface area contributed by atoms with Crippen LogP contribution in [0.15, 0.2) is 52.9 Å². The Morgan fingerprint density at radius 3 is 2.63 bits per heavy atom. The van der Waals surface area contributed by atoms with Crippen LogP contribution in [0.4, 0.5) is 0 Å². The third kappa shape index (κ3) is 2.59. The highest BCUT2D eigenvalue weighted by molar-refractivity contribution is 6.34. The Hall–Kier alpha value is -1.93. The summed E-state index contributed by atoms with van der Waals surface area (Å²) in [4.78, 5) is 0. The molecule has 0 radical (unpaired) electrons. The van der Waals surface area contributed by atoms with E-state index in [0.717, 1.165) is 16.9 Å². The van der Waals surface area contributed by atoms with Crippen molar-refractivity contribution in [3.8, 4) is 5.75 Å². The van der Waals surface area contributed by atoms with Crippen LogP contribution in [0.2, 0.25) is 5.02 Å². The van der Waals surface area contributed by atoms with Crippen LogP contribution in [-0.4, -0.2) is 0 Å². The Morgan fingerprint density at radius 2 is 1.89 bits per heavy atom. The first-order valence-electron chi connectivity index (χ1n) is 6.09. The van der Waals surface area contributed by atoms with E-state index < -0.39 is 0 Å². The summed E-state index contributed by atoms with van der Waals surface area (Å²) >= 11 is 6.07. The van der Waals surface area contributed by atoms with Crippen LogP contribution in [-0.2, 0) is 6.61 Å². The van der Waals surface area contributed by atoms with Gasteiger partial charge in [-0.05, 0) is 31.2 Å². The van der Waals surface area contributed by atoms with E-state index in [2.05, 4.69) is 0 Å². The first-order chi connectivity index (χ1) is 9.22. The van der Waals surface area contributed by atoms with E-state index in [9.17, 15) is 0 Å². The molecule has 2 nitrogen and oxygen atoms in total. The molecule has 0 spiro atoms. The Bertz CT molecular complexity index is 698. The average Bonchev–Trinajstić information content (AvgIpc) is 2.83. The standard InChI is InChI=1S/C16H13ClO2/c1-11-5-7-13(8-6-11)18-10-14-9-12-3-2-4-15(17)16(12)19-14/h2-9H,10H2,1H3. The van der Waals surface area contributed by atoms with Gasteiger partial charge < -0.3 is 9.15 Å². The molecule has 1 heterocycles. The van der Waals surface area contributed by atoms with Gasteiger partial charge in [0.05, 0.1) is 5.02 Å². The van der Waals surface area contributed by atoms with Crippen molar-refractivity contribution in [1.29, 1.82) is 0 Å². The molecular weight excluding hydrogens is 260 g/mol. The van der Waals surface area contributed by atoms with Crippen LogP contribution in [0.3, 0.4) is 0 Å². The van der Waals surface area contributed by atoms with Crippen molar-refractivity contribution in [2.75, 3.05) is 0 Å². The summed E-state index contributed by atoms with van der Waals surface area (Å²) in [5, 5.41) is 1.62. The molecule has 0 atom stereocenters. The van der Waals surface area contributed by atoms with Gasteiger partial charge in [-0.3, -0.25) is 0 Å². The van der Waals surface area contributed by atoms with E-state index in [4.69, 9.17) is 20.8 Å². The second-order valence-corrected chi connectivity index (χ2v) is 4.88. The number of halogens is 1. The summed E-state index contributed by atoms with van der Waals surface area (Å²) < 4.78 is 11.4. The van der Waals surface area contributed by atoms with Crippen LogP contribution >= 0.6 is 11.6 Å². The van der Waals surface area contributed by atoms with Crippen LogP contribution in [0.1, 0.15) is 11.3 Å². The Morgan fingerprint density at radius 1 is 1.11 bits per heavy atom. The first kappa shape index (κ1) is 12.1. The maximum absolute atomic E-state index is 6.07. The molecule has 0 bridgehead atoms. The van der Waals surface area contributed by atoms with Gasteiger partial charge in [0.1, 0.15) is 18.1 Å². The molecule has 0 aliphatic heterocycles. The minimum atomic E-state index is 0.397. The number of hydrogen-bond acceptors (Lipinski definition) is 2. The number of benzene rings is 2. The van der Waals surface area contributed by atoms with Gasteiger partial charge in [0.25, 0.3) is 0 Å². The molecule has 0 saturated heterocycles. The topological polar surface area (TPSA) is 22.4 Å². The molecule has 3 rings (SSSR count). The molecule has 0 amide bonds. The number of ether oxygens (including phenoxy) is 1. The van der Waals surface area contributed by atoms with Gasteiger partial charge in [0.15, 0.2) is 5.58 Å². The fourth-order valence-electron chi connectivity index (χ4n) is 1.94. The fraction of sp³-hybridized carbons (Fsp3) is 0.125. The van der Waals surface area contributed by atoms with Crippen molar-refractivity contribution in [2.45, 2.75) is 13.5 Å². The zero-order chi connectivity index (χ0) is 13.2. The lowest BCUT2D eigenvalue weighted by Crippen LogP contribution is -1.93. The molecule has 1 aromatic heterocycles. The van der Waals surface area contributed by atoms with Gasteiger partial charge in [-0.15, -0.1) is 0 Å². The lowest BCUT2D eigenvalue weighted by atomic mass is 10.2. The normalized spacial score (nSPS) is 10.8. The third-order valence-corrected chi connectivity index (χ3v) is 3.25. The highest BCUT2D eigenvalue weighted by atomic mass is 35.5.